The molecule has 0 atom stereocenters. The molecule has 0 aliphatic carbocycles. The van der Waals surface area contributed by atoms with Gasteiger partial charge in [0.1, 0.15) is 10.3 Å². The molecule has 0 unspecified atom stereocenters. The molecule has 33 heavy (non-hydrogen) atoms. The van der Waals surface area contributed by atoms with Crippen molar-refractivity contribution in [1.82, 2.24) is 19.7 Å². The lowest BCUT2D eigenvalue weighted by molar-refractivity contribution is 0.107. The fourth-order valence-electron chi connectivity index (χ4n) is 2.75. The molecule has 4 rings (SSSR count). The second kappa shape index (κ2) is 11.6. The summed E-state index contributed by atoms with van der Waals surface area (Å²) >= 11 is 14.5. The number of carbonyl (C=O) groups is 1. The zero-order valence-electron chi connectivity index (χ0n) is 17.5. The van der Waals surface area contributed by atoms with Crippen LogP contribution in [0.5, 0.6) is 0 Å². The van der Waals surface area contributed by atoms with E-state index in [0.717, 1.165) is 11.1 Å². The Morgan fingerprint density at radius 2 is 1.94 bits per heavy atom. The van der Waals surface area contributed by atoms with Crippen LogP contribution in [-0.4, -0.2) is 25.0 Å². The highest BCUT2D eigenvalue weighted by Gasteiger charge is 2.16. The number of nitrogens with one attached hydrogen (secondary N) is 1. The van der Waals surface area contributed by atoms with Gasteiger partial charge in [0.05, 0.1) is 22.0 Å². The third-order valence-electron chi connectivity index (χ3n) is 3.93. The van der Waals surface area contributed by atoms with Crippen molar-refractivity contribution in [2.45, 2.75) is 20.8 Å². The van der Waals surface area contributed by atoms with Crippen molar-refractivity contribution in [3.63, 3.8) is 0 Å². The lowest BCUT2D eigenvalue weighted by Gasteiger charge is -2.04. The number of halogens is 3. The van der Waals surface area contributed by atoms with Gasteiger partial charge in [-0.15, -0.1) is 0 Å². The average Bonchev–Trinajstić information content (AvgIpc) is 3.12. The van der Waals surface area contributed by atoms with Crippen molar-refractivity contribution in [3.8, 4) is 11.9 Å². The number of nitrogens with zero attached hydrogens (tertiary/aromatic N) is 4. The minimum atomic E-state index is -0.713. The minimum Gasteiger partial charge on any atom is -0.372 e. The number of carbonyl (C=O) groups excluding carboxylic acids is 1. The molecule has 0 aliphatic heterocycles. The zero-order chi connectivity index (χ0) is 24.7. The van der Waals surface area contributed by atoms with E-state index in [4.69, 9.17) is 28.5 Å². The Labute approximate surface area is 205 Å². The Balaban J connectivity index is 0.000000210. The minimum absolute atomic E-state index is 0.203. The lowest BCUT2D eigenvalue weighted by atomic mass is 10.1. The molecular weight excluding hydrogens is 537 g/mol. The van der Waals surface area contributed by atoms with Crippen LogP contribution in [0.3, 0.4) is 0 Å². The topological polar surface area (TPSA) is 135 Å². The van der Waals surface area contributed by atoms with E-state index in [9.17, 15) is 14.4 Å². The Hall–Kier alpha value is -3.26. The van der Waals surface area contributed by atoms with Gasteiger partial charge in [-0.05, 0) is 70.7 Å². The molecule has 0 aliphatic rings. The van der Waals surface area contributed by atoms with E-state index in [2.05, 4.69) is 35.4 Å². The lowest BCUT2D eigenvalue weighted by Crippen LogP contribution is -2.15. The molecule has 0 bridgehead atoms. The molecule has 0 radical (unpaired) electrons. The molecule has 1 aromatic carbocycles. The quantitative estimate of drug-likeness (QED) is 0.356. The maximum Gasteiger partial charge on any atom is 0.419 e. The molecule has 0 amide bonds. The number of aromatic amines is 1. The largest absolute Gasteiger partial charge is 0.419 e. The summed E-state index contributed by atoms with van der Waals surface area (Å²) in [5.74, 6) is -0.353. The van der Waals surface area contributed by atoms with E-state index in [-0.39, 0.29) is 5.69 Å². The fraction of sp³-hybridized carbons (Fsp3) is 0.143. The highest BCUT2D eigenvalue weighted by molar-refractivity contribution is 9.10. The maximum absolute atomic E-state index is 11.3. The van der Waals surface area contributed by atoms with Gasteiger partial charge < -0.3 is 4.42 Å². The number of benzene rings is 1. The number of aryl methyl sites for hydroxylation is 2. The summed E-state index contributed by atoms with van der Waals surface area (Å²) in [5.41, 5.74) is 2.00. The first kappa shape index (κ1) is 26.0. The summed E-state index contributed by atoms with van der Waals surface area (Å²) in [6, 6.07) is 10.2. The van der Waals surface area contributed by atoms with Gasteiger partial charge in [0, 0.05) is 19.2 Å². The van der Waals surface area contributed by atoms with Crippen LogP contribution < -0.4 is 11.4 Å². The van der Waals surface area contributed by atoms with Gasteiger partial charge in [-0.1, -0.05) is 17.7 Å². The summed E-state index contributed by atoms with van der Waals surface area (Å²) < 4.78 is 6.21. The molecule has 12 heteroatoms. The van der Waals surface area contributed by atoms with E-state index in [1.807, 2.05) is 19.9 Å². The van der Waals surface area contributed by atoms with Crippen LogP contribution in [0.15, 0.2) is 55.1 Å². The highest BCUT2D eigenvalue weighted by atomic mass is 79.9. The molecule has 0 saturated carbocycles. The molecule has 170 valence electrons. The first-order valence-corrected chi connectivity index (χ1v) is 10.7. The van der Waals surface area contributed by atoms with E-state index >= 15 is 0 Å². The maximum atomic E-state index is 11.3. The van der Waals surface area contributed by atoms with Gasteiger partial charge >= 0.3 is 11.4 Å². The van der Waals surface area contributed by atoms with Crippen molar-refractivity contribution in [2.75, 3.05) is 0 Å². The Kier molecular flexibility index (Phi) is 9.11. The first-order valence-electron chi connectivity index (χ1n) is 9.10. The second-order valence-electron chi connectivity index (χ2n) is 6.38. The number of nitriles is 1. The standard InChI is InChI=1S/C10H9NO3.C9H4BrCl2N3O.C2H3N/c1-5-3-6(2)8-7(4-5)9(12)14-10(13)11-8;10-7-4-6(8(12)16)15(14-7)9-5(11)2-1-3-13-9;1-2-3/h3-4H,1-2H3,(H,11,13);1-4H;1H3. The van der Waals surface area contributed by atoms with E-state index < -0.39 is 16.6 Å². The number of H-pyrrole nitrogens is 1. The molecule has 3 aromatic heterocycles. The number of rotatable bonds is 2. The number of hydrogen-bond donors (Lipinski definition) is 1. The molecular formula is C21H16BrCl2N5O4. The van der Waals surface area contributed by atoms with Gasteiger partial charge in [0.25, 0.3) is 5.24 Å². The van der Waals surface area contributed by atoms with Gasteiger partial charge in [-0.25, -0.2) is 19.3 Å². The predicted molar refractivity (Wildman–Crippen MR) is 128 cm³/mol. The van der Waals surface area contributed by atoms with E-state index in [1.54, 1.807) is 30.5 Å². The monoisotopic (exact) mass is 551 g/mol. The van der Waals surface area contributed by atoms with Gasteiger partial charge in [0.15, 0.2) is 5.82 Å². The van der Waals surface area contributed by atoms with Crippen molar-refractivity contribution >= 4 is 55.3 Å². The SMILES string of the molecule is CC#N.Cc1cc(C)c2[nH]c(=O)oc(=O)c2c1.O=C(Cl)c1cc(Br)nn1-c1ncccc1Cl. The first-order chi connectivity index (χ1) is 15.6. The third-order valence-corrected chi connectivity index (χ3v) is 4.81. The molecule has 0 saturated heterocycles. The number of hydrogen-bond acceptors (Lipinski definition) is 7. The summed E-state index contributed by atoms with van der Waals surface area (Å²) in [7, 11) is 0. The zero-order valence-corrected chi connectivity index (χ0v) is 20.6. The van der Waals surface area contributed by atoms with Gasteiger partial charge in [-0.2, -0.15) is 10.4 Å². The predicted octanol–water partition coefficient (Wildman–Crippen LogP) is 4.69. The Morgan fingerprint density at radius 1 is 1.27 bits per heavy atom. The van der Waals surface area contributed by atoms with Crippen molar-refractivity contribution in [1.29, 1.82) is 5.26 Å². The van der Waals surface area contributed by atoms with Crippen LogP contribution in [0, 0.1) is 25.2 Å². The smallest absolute Gasteiger partial charge is 0.372 e. The fourth-order valence-corrected chi connectivity index (χ4v) is 3.46. The Morgan fingerprint density at radius 3 is 2.55 bits per heavy atom. The molecule has 3 heterocycles. The third kappa shape index (κ3) is 6.61. The Bertz CT molecular complexity index is 1470. The van der Waals surface area contributed by atoms with Crippen LogP contribution >= 0.6 is 39.1 Å². The molecule has 0 fully saturated rings. The summed E-state index contributed by atoms with van der Waals surface area (Å²) in [4.78, 5) is 40.0. The van der Waals surface area contributed by atoms with Crippen LogP contribution in [0.4, 0.5) is 0 Å². The number of fused-ring (bicyclic) bond motifs is 1. The molecule has 1 N–H and O–H groups in total. The van der Waals surface area contributed by atoms with Crippen molar-refractivity contribution in [2.24, 2.45) is 0 Å². The molecule has 4 aromatic rings. The number of aromatic nitrogens is 4. The van der Waals surface area contributed by atoms with Crippen molar-refractivity contribution in [3.05, 3.63) is 83.9 Å². The van der Waals surface area contributed by atoms with Gasteiger partial charge in [-0.3, -0.25) is 9.78 Å². The van der Waals surface area contributed by atoms with Crippen LogP contribution in [0.1, 0.15) is 28.5 Å². The summed E-state index contributed by atoms with van der Waals surface area (Å²) in [6.07, 6.45) is 1.55. The van der Waals surface area contributed by atoms with Gasteiger partial charge in [0.2, 0.25) is 0 Å². The van der Waals surface area contributed by atoms with Crippen LogP contribution in [0.2, 0.25) is 5.02 Å². The van der Waals surface area contributed by atoms with Crippen LogP contribution in [-0.2, 0) is 0 Å². The molecule has 0 spiro atoms. The normalized spacial score (nSPS) is 9.85. The summed E-state index contributed by atoms with van der Waals surface area (Å²) in [6.45, 7) is 5.15. The van der Waals surface area contributed by atoms with Crippen molar-refractivity contribution < 1.29 is 9.21 Å². The van der Waals surface area contributed by atoms with Crippen LogP contribution in [0.25, 0.3) is 16.7 Å². The second-order valence-corrected chi connectivity index (χ2v) is 7.94. The van der Waals surface area contributed by atoms with E-state index in [1.165, 1.54) is 17.7 Å². The number of pyridine rings is 1. The average molecular weight is 553 g/mol. The molecule has 9 nitrogen and oxygen atoms in total. The van der Waals surface area contributed by atoms with E-state index in [0.29, 0.717) is 26.3 Å². The summed E-state index contributed by atoms with van der Waals surface area (Å²) in [5, 5.41) is 11.5. The highest BCUT2D eigenvalue weighted by Crippen LogP contribution is 2.22.